The van der Waals surface area contributed by atoms with Crippen LogP contribution in [0, 0.1) is 6.92 Å². The molecule has 0 aliphatic carbocycles. The molecule has 0 spiro atoms. The zero-order valence-electron chi connectivity index (χ0n) is 15.7. The Morgan fingerprint density at radius 2 is 1.93 bits per heavy atom. The molecule has 0 radical (unpaired) electrons. The van der Waals surface area contributed by atoms with Crippen LogP contribution >= 0.6 is 11.8 Å². The fraction of sp³-hybridized carbons (Fsp3) is 0.0952. The van der Waals surface area contributed by atoms with Gasteiger partial charge in [-0.15, -0.1) is 10.2 Å². The number of hydrogen-bond donors (Lipinski definition) is 1. The fourth-order valence-electron chi connectivity index (χ4n) is 2.81. The summed E-state index contributed by atoms with van der Waals surface area (Å²) in [4.78, 5) is 20.7. The van der Waals surface area contributed by atoms with Gasteiger partial charge in [-0.1, -0.05) is 30.0 Å². The summed E-state index contributed by atoms with van der Waals surface area (Å²) in [6.07, 6.45) is 5.13. The van der Waals surface area contributed by atoms with E-state index in [0.717, 1.165) is 22.6 Å². The second-order valence-electron chi connectivity index (χ2n) is 6.24. The van der Waals surface area contributed by atoms with Gasteiger partial charge in [0, 0.05) is 41.2 Å². The smallest absolute Gasteiger partial charge is 0.234 e. The number of hydrogen-bond acceptors (Lipinski definition) is 6. The van der Waals surface area contributed by atoms with Crippen LogP contribution in [-0.4, -0.2) is 36.4 Å². The van der Waals surface area contributed by atoms with Crippen LogP contribution in [0.25, 0.3) is 17.1 Å². The van der Waals surface area contributed by atoms with Crippen LogP contribution in [0.3, 0.4) is 0 Å². The summed E-state index contributed by atoms with van der Waals surface area (Å²) < 4.78 is 1.94. The molecule has 7 nitrogen and oxygen atoms in total. The number of aryl methyl sites for hydroxylation is 1. The highest BCUT2D eigenvalue weighted by Crippen LogP contribution is 2.27. The maximum absolute atomic E-state index is 12.4. The molecule has 4 rings (SSSR count). The van der Waals surface area contributed by atoms with Gasteiger partial charge in [0.15, 0.2) is 11.0 Å². The molecule has 8 heteroatoms. The normalized spacial score (nSPS) is 10.7. The summed E-state index contributed by atoms with van der Waals surface area (Å²) in [5, 5.41) is 12.2. The fourth-order valence-corrected chi connectivity index (χ4v) is 3.56. The van der Waals surface area contributed by atoms with E-state index in [2.05, 4.69) is 25.5 Å². The number of rotatable bonds is 6. The standard InChI is InChI=1S/C21H18N6OS/c1-15-12-17(9-11-23-15)24-19(28)14-29-21-26-25-20(16-6-5-10-22-13-16)27(21)18-7-3-2-4-8-18/h2-13H,14H2,1H3,(H,23,24,28). The number of amides is 1. The predicted molar refractivity (Wildman–Crippen MR) is 113 cm³/mol. The highest BCUT2D eigenvalue weighted by molar-refractivity contribution is 7.99. The zero-order valence-corrected chi connectivity index (χ0v) is 16.5. The first-order valence-electron chi connectivity index (χ1n) is 8.97. The van der Waals surface area contributed by atoms with E-state index < -0.39 is 0 Å². The van der Waals surface area contributed by atoms with Crippen molar-refractivity contribution in [1.29, 1.82) is 0 Å². The van der Waals surface area contributed by atoms with Crippen molar-refractivity contribution in [2.75, 3.05) is 11.1 Å². The van der Waals surface area contributed by atoms with Gasteiger partial charge in [0.1, 0.15) is 0 Å². The van der Waals surface area contributed by atoms with Crippen LogP contribution in [0.1, 0.15) is 5.69 Å². The molecule has 0 unspecified atom stereocenters. The minimum Gasteiger partial charge on any atom is -0.325 e. The molecule has 0 saturated heterocycles. The van der Waals surface area contributed by atoms with Gasteiger partial charge in [0.2, 0.25) is 5.91 Å². The third kappa shape index (κ3) is 4.49. The molecular weight excluding hydrogens is 384 g/mol. The molecule has 144 valence electrons. The van der Waals surface area contributed by atoms with E-state index in [1.165, 1.54) is 11.8 Å². The lowest BCUT2D eigenvalue weighted by atomic mass is 10.2. The molecule has 0 aliphatic heterocycles. The molecule has 0 aliphatic rings. The van der Waals surface area contributed by atoms with Crippen molar-refractivity contribution in [2.45, 2.75) is 12.1 Å². The molecule has 3 aromatic heterocycles. The van der Waals surface area contributed by atoms with Gasteiger partial charge < -0.3 is 5.32 Å². The lowest BCUT2D eigenvalue weighted by molar-refractivity contribution is -0.113. The number of nitrogens with one attached hydrogen (secondary N) is 1. The summed E-state index contributed by atoms with van der Waals surface area (Å²) in [5.41, 5.74) is 3.35. The third-order valence-electron chi connectivity index (χ3n) is 4.08. The van der Waals surface area contributed by atoms with E-state index in [1.54, 1.807) is 24.7 Å². The number of aromatic nitrogens is 5. The van der Waals surface area contributed by atoms with Crippen molar-refractivity contribution < 1.29 is 4.79 Å². The summed E-state index contributed by atoms with van der Waals surface area (Å²) >= 11 is 1.33. The van der Waals surface area contributed by atoms with Crippen molar-refractivity contribution in [2.24, 2.45) is 0 Å². The average molecular weight is 402 g/mol. The van der Waals surface area contributed by atoms with Crippen molar-refractivity contribution >= 4 is 23.4 Å². The van der Waals surface area contributed by atoms with Gasteiger partial charge in [0.05, 0.1) is 5.75 Å². The van der Waals surface area contributed by atoms with Crippen LogP contribution in [0.4, 0.5) is 5.69 Å². The third-order valence-corrected chi connectivity index (χ3v) is 5.01. The molecule has 0 fully saturated rings. The molecule has 1 aromatic carbocycles. The second kappa shape index (κ2) is 8.66. The summed E-state index contributed by atoms with van der Waals surface area (Å²) in [6.45, 7) is 1.88. The zero-order chi connectivity index (χ0) is 20.1. The minimum atomic E-state index is -0.119. The average Bonchev–Trinajstić information content (AvgIpc) is 3.17. The van der Waals surface area contributed by atoms with Gasteiger partial charge in [-0.3, -0.25) is 19.3 Å². The van der Waals surface area contributed by atoms with E-state index in [-0.39, 0.29) is 11.7 Å². The number of pyridine rings is 2. The lowest BCUT2D eigenvalue weighted by Gasteiger charge is -2.10. The van der Waals surface area contributed by atoms with Crippen LogP contribution in [0.2, 0.25) is 0 Å². The number of benzene rings is 1. The van der Waals surface area contributed by atoms with E-state index in [4.69, 9.17) is 0 Å². The number of carbonyl (C=O) groups is 1. The number of nitrogens with zero attached hydrogens (tertiary/aromatic N) is 5. The largest absolute Gasteiger partial charge is 0.325 e. The number of para-hydroxylation sites is 1. The van der Waals surface area contributed by atoms with Crippen molar-refractivity contribution in [3.63, 3.8) is 0 Å². The lowest BCUT2D eigenvalue weighted by Crippen LogP contribution is -2.14. The van der Waals surface area contributed by atoms with E-state index in [1.807, 2.05) is 60.0 Å². The number of carbonyl (C=O) groups excluding carboxylic acids is 1. The Bertz CT molecular complexity index is 1110. The Labute approximate surface area is 172 Å². The van der Waals surface area contributed by atoms with Crippen molar-refractivity contribution in [3.8, 4) is 17.1 Å². The number of anilines is 1. The first kappa shape index (κ1) is 18.8. The van der Waals surface area contributed by atoms with E-state index in [0.29, 0.717) is 11.0 Å². The Hall–Kier alpha value is -3.52. The van der Waals surface area contributed by atoms with Gasteiger partial charge in [-0.05, 0) is 43.3 Å². The van der Waals surface area contributed by atoms with E-state index >= 15 is 0 Å². The first-order chi connectivity index (χ1) is 14.2. The van der Waals surface area contributed by atoms with Crippen LogP contribution in [0.5, 0.6) is 0 Å². The van der Waals surface area contributed by atoms with Crippen LogP contribution < -0.4 is 5.32 Å². The molecular formula is C21H18N6OS. The maximum Gasteiger partial charge on any atom is 0.234 e. The second-order valence-corrected chi connectivity index (χ2v) is 7.18. The summed E-state index contributed by atoms with van der Waals surface area (Å²) in [7, 11) is 0. The molecule has 3 heterocycles. The van der Waals surface area contributed by atoms with Crippen molar-refractivity contribution in [3.05, 3.63) is 78.9 Å². The Morgan fingerprint density at radius 3 is 2.69 bits per heavy atom. The molecule has 4 aromatic rings. The molecule has 0 atom stereocenters. The molecule has 1 amide bonds. The Balaban J connectivity index is 1.57. The topological polar surface area (TPSA) is 85.6 Å². The summed E-state index contributed by atoms with van der Waals surface area (Å²) in [6, 6.07) is 17.2. The Morgan fingerprint density at radius 1 is 1.07 bits per heavy atom. The summed E-state index contributed by atoms with van der Waals surface area (Å²) in [5.74, 6) is 0.766. The van der Waals surface area contributed by atoms with Crippen LogP contribution in [-0.2, 0) is 4.79 Å². The van der Waals surface area contributed by atoms with Gasteiger partial charge in [-0.2, -0.15) is 0 Å². The SMILES string of the molecule is Cc1cc(NC(=O)CSc2nnc(-c3cccnc3)n2-c2ccccc2)ccn1. The monoisotopic (exact) mass is 402 g/mol. The van der Waals surface area contributed by atoms with Crippen molar-refractivity contribution in [1.82, 2.24) is 24.7 Å². The number of thioether (sulfide) groups is 1. The van der Waals surface area contributed by atoms with E-state index in [9.17, 15) is 4.79 Å². The molecule has 1 N–H and O–H groups in total. The first-order valence-corrected chi connectivity index (χ1v) is 9.96. The van der Waals surface area contributed by atoms with Gasteiger partial charge in [-0.25, -0.2) is 0 Å². The Kier molecular flexibility index (Phi) is 5.62. The maximum atomic E-state index is 12.4. The minimum absolute atomic E-state index is 0.119. The van der Waals surface area contributed by atoms with Crippen LogP contribution in [0.15, 0.2) is 78.3 Å². The molecule has 29 heavy (non-hydrogen) atoms. The predicted octanol–water partition coefficient (Wildman–Crippen LogP) is 3.76. The van der Waals surface area contributed by atoms with Gasteiger partial charge in [0.25, 0.3) is 0 Å². The highest BCUT2D eigenvalue weighted by atomic mass is 32.2. The van der Waals surface area contributed by atoms with Gasteiger partial charge >= 0.3 is 0 Å². The molecule has 0 saturated carbocycles. The quantitative estimate of drug-likeness (QED) is 0.494. The molecule has 0 bridgehead atoms. The highest BCUT2D eigenvalue weighted by Gasteiger charge is 2.17.